The summed E-state index contributed by atoms with van der Waals surface area (Å²) >= 11 is 0. The number of pyridine rings is 1. The molecule has 4 heteroatoms. The number of fused-ring (bicyclic) bond motifs is 2. The average Bonchev–Trinajstić information content (AvgIpc) is 3.43. The lowest BCUT2D eigenvalue weighted by Gasteiger charge is -2.13. The van der Waals surface area contributed by atoms with E-state index in [1.165, 1.54) is 0 Å². The molecule has 5 rings (SSSR count). The Morgan fingerprint density at radius 1 is 1.10 bits per heavy atom. The zero-order valence-corrected chi connectivity index (χ0v) is 17.6. The number of benzene rings is 2. The van der Waals surface area contributed by atoms with E-state index >= 15 is 0 Å². The van der Waals surface area contributed by atoms with E-state index in [0.29, 0.717) is 5.56 Å². The van der Waals surface area contributed by atoms with Gasteiger partial charge in [0.05, 0.1) is 23.0 Å². The van der Waals surface area contributed by atoms with E-state index in [4.69, 9.17) is 14.1 Å². The standard InChI is InChI=1S/C27H23NO3/c1-17-9-10-18(2)20(14-17)16-31-27(29)25-22-7-3-4-8-24(22)28-26-19(11-12-23(25)26)15-21-6-5-13-30-21/h3-10,13-15H,11-12,16H2,1-2H3/b19-15+. The molecule has 0 spiro atoms. The van der Waals surface area contributed by atoms with Gasteiger partial charge in [-0.3, -0.25) is 0 Å². The minimum atomic E-state index is -0.296. The van der Waals surface area contributed by atoms with Crippen LogP contribution in [-0.4, -0.2) is 11.0 Å². The van der Waals surface area contributed by atoms with Crippen molar-refractivity contribution in [2.45, 2.75) is 33.3 Å². The van der Waals surface area contributed by atoms with E-state index in [2.05, 4.69) is 18.2 Å². The van der Waals surface area contributed by atoms with E-state index in [1.54, 1.807) is 6.26 Å². The van der Waals surface area contributed by atoms with Gasteiger partial charge in [-0.05, 0) is 73.2 Å². The number of allylic oxidation sites excluding steroid dienone is 1. The molecule has 0 unspecified atom stereocenters. The van der Waals surface area contributed by atoms with Crippen molar-refractivity contribution in [3.63, 3.8) is 0 Å². The summed E-state index contributed by atoms with van der Waals surface area (Å²) in [6.45, 7) is 4.33. The van der Waals surface area contributed by atoms with Crippen LogP contribution in [0.15, 0.2) is 65.3 Å². The Morgan fingerprint density at radius 3 is 2.81 bits per heavy atom. The lowest BCUT2D eigenvalue weighted by Crippen LogP contribution is -2.11. The van der Waals surface area contributed by atoms with Crippen LogP contribution in [0.4, 0.5) is 0 Å². The molecule has 2 aromatic carbocycles. The largest absolute Gasteiger partial charge is 0.465 e. The smallest absolute Gasteiger partial charge is 0.339 e. The SMILES string of the molecule is Cc1ccc(C)c(COC(=O)c2c3c(nc4ccccc24)/C(=C/c2ccco2)CC3)c1. The summed E-state index contributed by atoms with van der Waals surface area (Å²) in [5, 5.41) is 0.839. The van der Waals surface area contributed by atoms with Crippen molar-refractivity contribution < 1.29 is 13.9 Å². The lowest BCUT2D eigenvalue weighted by molar-refractivity contribution is 0.0473. The van der Waals surface area contributed by atoms with Crippen molar-refractivity contribution in [1.82, 2.24) is 4.98 Å². The van der Waals surface area contributed by atoms with Gasteiger partial charge in [0, 0.05) is 5.39 Å². The number of aryl methyl sites for hydroxylation is 2. The van der Waals surface area contributed by atoms with Gasteiger partial charge in [-0.15, -0.1) is 0 Å². The summed E-state index contributed by atoms with van der Waals surface area (Å²) in [6.07, 6.45) is 5.25. The van der Waals surface area contributed by atoms with Gasteiger partial charge >= 0.3 is 5.97 Å². The van der Waals surface area contributed by atoms with E-state index in [-0.39, 0.29) is 12.6 Å². The van der Waals surface area contributed by atoms with Gasteiger partial charge in [0.15, 0.2) is 0 Å². The fraction of sp³-hybridized carbons (Fsp3) is 0.185. The van der Waals surface area contributed by atoms with Crippen molar-refractivity contribution >= 4 is 28.5 Å². The van der Waals surface area contributed by atoms with Crippen LogP contribution in [0.2, 0.25) is 0 Å². The molecular formula is C27H23NO3. The zero-order chi connectivity index (χ0) is 21.4. The summed E-state index contributed by atoms with van der Waals surface area (Å²) in [4.78, 5) is 18.2. The van der Waals surface area contributed by atoms with Gasteiger partial charge in [-0.25, -0.2) is 9.78 Å². The van der Waals surface area contributed by atoms with Gasteiger partial charge in [-0.1, -0.05) is 42.0 Å². The number of hydrogen-bond acceptors (Lipinski definition) is 4. The summed E-state index contributed by atoms with van der Waals surface area (Å²) in [6, 6.07) is 17.8. The average molecular weight is 409 g/mol. The zero-order valence-electron chi connectivity index (χ0n) is 17.6. The van der Waals surface area contributed by atoms with E-state index in [1.807, 2.05) is 56.3 Å². The Labute approximate surface area is 181 Å². The minimum absolute atomic E-state index is 0.257. The molecule has 0 N–H and O–H groups in total. The first kappa shape index (κ1) is 19.3. The molecule has 0 atom stereocenters. The molecule has 2 aromatic heterocycles. The molecule has 0 radical (unpaired) electrons. The number of esters is 1. The number of ether oxygens (including phenoxy) is 1. The Morgan fingerprint density at radius 2 is 1.97 bits per heavy atom. The monoisotopic (exact) mass is 409 g/mol. The van der Waals surface area contributed by atoms with Crippen molar-refractivity contribution in [3.8, 4) is 0 Å². The van der Waals surface area contributed by atoms with Crippen LogP contribution in [-0.2, 0) is 17.8 Å². The Kier molecular flexibility index (Phi) is 4.91. The van der Waals surface area contributed by atoms with Crippen LogP contribution in [0.3, 0.4) is 0 Å². The number of carbonyl (C=O) groups is 1. The molecule has 0 amide bonds. The first-order chi connectivity index (χ1) is 15.1. The predicted octanol–water partition coefficient (Wildman–Crippen LogP) is 6.29. The number of nitrogens with zero attached hydrogens (tertiary/aromatic N) is 1. The number of carbonyl (C=O) groups excluding carboxylic acids is 1. The third-order valence-electron chi connectivity index (χ3n) is 5.87. The summed E-state index contributed by atoms with van der Waals surface area (Å²) in [7, 11) is 0. The Bertz CT molecular complexity index is 1320. The number of para-hydroxylation sites is 1. The molecule has 4 nitrogen and oxygen atoms in total. The molecule has 0 fully saturated rings. The van der Waals surface area contributed by atoms with Crippen LogP contribution < -0.4 is 0 Å². The van der Waals surface area contributed by atoms with Gasteiger partial charge in [0.2, 0.25) is 0 Å². The quantitative estimate of drug-likeness (QED) is 0.372. The van der Waals surface area contributed by atoms with Crippen LogP contribution in [0.5, 0.6) is 0 Å². The third-order valence-corrected chi connectivity index (χ3v) is 5.87. The molecule has 31 heavy (non-hydrogen) atoms. The van der Waals surface area contributed by atoms with Gasteiger partial charge in [0.25, 0.3) is 0 Å². The number of aromatic nitrogens is 1. The molecule has 0 saturated heterocycles. The number of rotatable bonds is 4. The summed E-state index contributed by atoms with van der Waals surface area (Å²) in [5.74, 6) is 0.492. The highest BCUT2D eigenvalue weighted by atomic mass is 16.5. The van der Waals surface area contributed by atoms with Gasteiger partial charge < -0.3 is 9.15 Å². The van der Waals surface area contributed by atoms with Crippen molar-refractivity contribution in [3.05, 3.63) is 100 Å². The molecule has 1 aliphatic carbocycles. The van der Waals surface area contributed by atoms with Crippen LogP contribution in [0.1, 0.15) is 50.5 Å². The molecule has 4 aromatic rings. The van der Waals surface area contributed by atoms with Crippen molar-refractivity contribution in [2.75, 3.05) is 0 Å². The minimum Gasteiger partial charge on any atom is -0.465 e. The molecule has 1 aliphatic rings. The fourth-order valence-corrected chi connectivity index (χ4v) is 4.23. The first-order valence-electron chi connectivity index (χ1n) is 10.5. The Hall–Kier alpha value is -3.66. The maximum Gasteiger partial charge on any atom is 0.339 e. The molecule has 2 heterocycles. The van der Waals surface area contributed by atoms with Crippen LogP contribution >= 0.6 is 0 Å². The number of furan rings is 1. The highest BCUT2D eigenvalue weighted by Crippen LogP contribution is 2.38. The maximum atomic E-state index is 13.3. The van der Waals surface area contributed by atoms with E-state index < -0.39 is 0 Å². The second-order valence-electron chi connectivity index (χ2n) is 8.02. The Balaban J connectivity index is 1.55. The van der Waals surface area contributed by atoms with Gasteiger partial charge in [0.1, 0.15) is 12.4 Å². The third kappa shape index (κ3) is 3.66. The second kappa shape index (κ2) is 7.88. The second-order valence-corrected chi connectivity index (χ2v) is 8.02. The normalized spacial score (nSPS) is 14.2. The predicted molar refractivity (Wildman–Crippen MR) is 122 cm³/mol. The van der Waals surface area contributed by atoms with Crippen molar-refractivity contribution in [1.29, 1.82) is 0 Å². The first-order valence-corrected chi connectivity index (χ1v) is 10.5. The van der Waals surface area contributed by atoms with E-state index in [0.717, 1.165) is 63.0 Å². The van der Waals surface area contributed by atoms with Crippen LogP contribution in [0, 0.1) is 13.8 Å². The molecular weight excluding hydrogens is 386 g/mol. The van der Waals surface area contributed by atoms with E-state index in [9.17, 15) is 4.79 Å². The fourth-order valence-electron chi connectivity index (χ4n) is 4.23. The summed E-state index contributed by atoms with van der Waals surface area (Å²) in [5.41, 5.74) is 7.64. The van der Waals surface area contributed by atoms with Crippen LogP contribution in [0.25, 0.3) is 22.6 Å². The molecule has 0 bridgehead atoms. The highest BCUT2D eigenvalue weighted by molar-refractivity contribution is 6.07. The molecule has 0 saturated carbocycles. The lowest BCUT2D eigenvalue weighted by atomic mass is 10.0. The molecule has 0 aliphatic heterocycles. The number of hydrogen-bond donors (Lipinski definition) is 0. The topological polar surface area (TPSA) is 52.3 Å². The maximum absolute atomic E-state index is 13.3. The summed E-state index contributed by atoms with van der Waals surface area (Å²) < 4.78 is 11.3. The van der Waals surface area contributed by atoms with Crippen molar-refractivity contribution in [2.24, 2.45) is 0 Å². The highest BCUT2D eigenvalue weighted by Gasteiger charge is 2.27. The molecule has 154 valence electrons. The van der Waals surface area contributed by atoms with Gasteiger partial charge in [-0.2, -0.15) is 0 Å².